The second-order valence-electron chi connectivity index (χ2n) is 13.8. The van der Waals surface area contributed by atoms with Gasteiger partial charge in [0.05, 0.1) is 18.4 Å². The number of rotatable bonds is 7. The fraction of sp³-hybridized carbons (Fsp3) is 0.618. The second-order valence-corrected chi connectivity index (χ2v) is 13.8. The minimum atomic E-state index is -0.827. The normalized spacial score (nSPS) is 35.5. The van der Waals surface area contributed by atoms with Crippen molar-refractivity contribution in [3.05, 3.63) is 47.7 Å². The van der Waals surface area contributed by atoms with Crippen LogP contribution in [0.25, 0.3) is 10.9 Å². The van der Waals surface area contributed by atoms with Crippen molar-refractivity contribution in [1.29, 1.82) is 0 Å². The lowest BCUT2D eigenvalue weighted by atomic mass is 9.46. The summed E-state index contributed by atoms with van der Waals surface area (Å²) < 4.78 is 4.96. The van der Waals surface area contributed by atoms with Crippen LogP contribution >= 0.6 is 0 Å². The van der Waals surface area contributed by atoms with Crippen LogP contribution in [0.3, 0.4) is 0 Å². The molecule has 3 saturated carbocycles. The maximum Gasteiger partial charge on any atom is 0.328 e. The molecule has 3 N–H and O–H groups in total. The first-order chi connectivity index (χ1) is 20.1. The highest BCUT2D eigenvalue weighted by Crippen LogP contribution is 2.67. The number of carbonyl (C=O) groups excluding carboxylic acids is 2. The maximum atomic E-state index is 12.8. The molecule has 0 unspecified atom stereocenters. The number of H-pyrrole nitrogens is 1. The van der Waals surface area contributed by atoms with Crippen LogP contribution in [0.1, 0.15) is 77.7 Å². The predicted molar refractivity (Wildman–Crippen MR) is 162 cm³/mol. The quantitative estimate of drug-likeness (QED) is 0.300. The van der Waals surface area contributed by atoms with Crippen LogP contribution in [0.5, 0.6) is 0 Å². The Morgan fingerprint density at radius 3 is 2.69 bits per heavy atom. The van der Waals surface area contributed by atoms with Crippen LogP contribution in [-0.2, 0) is 25.6 Å². The van der Waals surface area contributed by atoms with Gasteiger partial charge in [-0.15, -0.1) is 0 Å². The van der Waals surface area contributed by atoms with Gasteiger partial charge in [0.15, 0.2) is 6.61 Å². The number of esters is 1. The van der Waals surface area contributed by atoms with E-state index in [0.717, 1.165) is 60.7 Å². The average molecular weight is 576 g/mol. The number of hydrogen-bond donors (Lipinski definition) is 3. The first kappa shape index (κ1) is 29.0. The molecule has 8 nitrogen and oxygen atoms in total. The van der Waals surface area contributed by atoms with E-state index in [1.54, 1.807) is 0 Å². The van der Waals surface area contributed by atoms with Crippen molar-refractivity contribution in [3.63, 3.8) is 0 Å². The molecule has 8 heteroatoms. The molecule has 3 fully saturated rings. The Morgan fingerprint density at radius 1 is 1.10 bits per heavy atom. The molecule has 4 aliphatic rings. The number of fused-ring (bicyclic) bond motifs is 6. The molecule has 6 rings (SSSR count). The van der Waals surface area contributed by atoms with E-state index in [1.165, 1.54) is 25.5 Å². The smallest absolute Gasteiger partial charge is 0.328 e. The number of aliphatic hydroxyl groups is 1. The van der Waals surface area contributed by atoms with E-state index in [4.69, 9.17) is 9.57 Å². The van der Waals surface area contributed by atoms with E-state index in [-0.39, 0.29) is 17.4 Å². The van der Waals surface area contributed by atoms with Gasteiger partial charge in [-0.1, -0.05) is 42.8 Å². The van der Waals surface area contributed by atoms with Crippen LogP contribution in [-0.4, -0.2) is 53.0 Å². The topological polar surface area (TPSA) is 113 Å². The minimum Gasteiger partial charge on any atom is -0.467 e. The summed E-state index contributed by atoms with van der Waals surface area (Å²) in [4.78, 5) is 33.9. The number of amides is 1. The Hall–Kier alpha value is -3.13. The summed E-state index contributed by atoms with van der Waals surface area (Å²) >= 11 is 0. The van der Waals surface area contributed by atoms with Crippen LogP contribution < -0.4 is 5.32 Å². The predicted octanol–water partition coefficient (Wildman–Crippen LogP) is 5.45. The van der Waals surface area contributed by atoms with Gasteiger partial charge in [0, 0.05) is 23.5 Å². The van der Waals surface area contributed by atoms with Crippen molar-refractivity contribution >= 4 is 28.5 Å². The minimum absolute atomic E-state index is 0.0315. The Morgan fingerprint density at radius 2 is 1.88 bits per heavy atom. The van der Waals surface area contributed by atoms with Gasteiger partial charge in [0.2, 0.25) is 0 Å². The number of benzene rings is 1. The maximum absolute atomic E-state index is 12.8. The van der Waals surface area contributed by atoms with Gasteiger partial charge in [-0.3, -0.25) is 4.79 Å². The number of ether oxygens (including phenoxy) is 1. The van der Waals surface area contributed by atoms with Crippen LogP contribution in [0, 0.1) is 28.6 Å². The lowest BCUT2D eigenvalue weighted by molar-refractivity contribution is -0.145. The first-order valence-electron chi connectivity index (χ1n) is 15.6. The average Bonchev–Trinajstić information content (AvgIpc) is 3.49. The second kappa shape index (κ2) is 10.9. The number of aromatic amines is 1. The van der Waals surface area contributed by atoms with Crippen molar-refractivity contribution in [1.82, 2.24) is 10.3 Å². The Balaban J connectivity index is 1.07. The first-order valence-corrected chi connectivity index (χ1v) is 15.6. The van der Waals surface area contributed by atoms with E-state index in [9.17, 15) is 14.7 Å². The van der Waals surface area contributed by atoms with Gasteiger partial charge < -0.3 is 25.0 Å². The Labute approximate surface area is 248 Å². The standard InChI is InChI=1S/C34H45N3O5/c1-32-14-11-23(18-22(32)9-10-25-26(32)12-15-33(2)27(25)13-16-34(33,3)40)37-42-20-30(38)36-29(31(39)41-4)17-21-19-35-28-8-6-5-7-24(21)28/h5-8,18-19,25-27,29,35,40H,9-17,20H2,1-4H3,(H,36,38)/b37-23-/t25-,26+,27+,29+,32+,33+,34+/m1/s1. The van der Waals surface area contributed by atoms with E-state index in [1.807, 2.05) is 30.5 Å². The number of methoxy groups -OCH3 is 1. The SMILES string of the molecule is COC(=O)[C@H](Cc1c[nH]c2ccccc12)NC(=O)CO/N=C1\C=C2CC[C@@H]3[C@H](CC[C@@]4(C)[C@H]3CC[C@]4(C)O)[C@@]2(C)CC1. The summed E-state index contributed by atoms with van der Waals surface area (Å²) in [5.41, 5.74) is 3.87. The third-order valence-corrected chi connectivity index (χ3v) is 11.8. The fourth-order valence-corrected chi connectivity index (χ4v) is 9.15. The monoisotopic (exact) mass is 575 g/mol. The van der Waals surface area contributed by atoms with Crippen molar-refractivity contribution in [2.45, 2.75) is 90.2 Å². The molecule has 0 saturated heterocycles. The molecule has 226 valence electrons. The van der Waals surface area contributed by atoms with E-state index in [0.29, 0.717) is 24.2 Å². The van der Waals surface area contributed by atoms with E-state index in [2.05, 4.69) is 42.3 Å². The van der Waals surface area contributed by atoms with Crippen molar-refractivity contribution in [2.24, 2.45) is 33.7 Å². The molecule has 0 aliphatic heterocycles. The number of hydrogen-bond acceptors (Lipinski definition) is 6. The van der Waals surface area contributed by atoms with Gasteiger partial charge >= 0.3 is 5.97 Å². The molecule has 1 heterocycles. The summed E-state index contributed by atoms with van der Waals surface area (Å²) in [6, 6.07) is 7.02. The molecule has 4 aliphatic carbocycles. The van der Waals surface area contributed by atoms with Crippen LogP contribution in [0.2, 0.25) is 0 Å². The molecule has 0 spiro atoms. The molecule has 0 bridgehead atoms. The largest absolute Gasteiger partial charge is 0.467 e. The number of para-hydroxylation sites is 1. The zero-order valence-corrected chi connectivity index (χ0v) is 25.4. The summed E-state index contributed by atoms with van der Waals surface area (Å²) in [5.74, 6) is 0.999. The fourth-order valence-electron chi connectivity index (χ4n) is 9.15. The van der Waals surface area contributed by atoms with Gasteiger partial charge in [-0.25, -0.2) is 4.79 Å². The zero-order chi connectivity index (χ0) is 29.7. The van der Waals surface area contributed by atoms with Crippen molar-refractivity contribution in [3.8, 4) is 0 Å². The summed E-state index contributed by atoms with van der Waals surface area (Å²) in [6.07, 6.45) is 12.8. The summed E-state index contributed by atoms with van der Waals surface area (Å²) in [7, 11) is 1.32. The van der Waals surface area contributed by atoms with Crippen LogP contribution in [0.4, 0.5) is 0 Å². The molecule has 1 aromatic heterocycles. The van der Waals surface area contributed by atoms with Crippen molar-refractivity contribution in [2.75, 3.05) is 13.7 Å². The molecule has 0 radical (unpaired) electrons. The lowest BCUT2D eigenvalue weighted by Crippen LogP contribution is -2.53. The van der Waals surface area contributed by atoms with E-state index < -0.39 is 23.5 Å². The zero-order valence-electron chi connectivity index (χ0n) is 25.4. The van der Waals surface area contributed by atoms with Crippen LogP contribution in [0.15, 0.2) is 47.3 Å². The van der Waals surface area contributed by atoms with Gasteiger partial charge in [0.25, 0.3) is 5.91 Å². The molecular weight excluding hydrogens is 530 g/mol. The number of oxime groups is 1. The van der Waals surface area contributed by atoms with Crippen molar-refractivity contribution < 1.29 is 24.3 Å². The number of nitrogens with zero attached hydrogens (tertiary/aromatic N) is 1. The number of nitrogens with one attached hydrogen (secondary N) is 2. The number of carbonyl (C=O) groups is 2. The number of aromatic nitrogens is 1. The van der Waals surface area contributed by atoms with Gasteiger partial charge in [-0.05, 0) is 105 Å². The molecule has 1 amide bonds. The Bertz CT molecular complexity index is 1430. The summed E-state index contributed by atoms with van der Waals surface area (Å²) in [5, 5.41) is 19.3. The summed E-state index contributed by atoms with van der Waals surface area (Å²) in [6.45, 7) is 6.57. The molecule has 2 aromatic rings. The molecule has 7 atom stereocenters. The third-order valence-electron chi connectivity index (χ3n) is 11.8. The van der Waals surface area contributed by atoms with Gasteiger partial charge in [0.1, 0.15) is 6.04 Å². The van der Waals surface area contributed by atoms with Gasteiger partial charge in [-0.2, -0.15) is 0 Å². The highest BCUT2D eigenvalue weighted by molar-refractivity contribution is 5.96. The molecular formula is C34H45N3O5. The highest BCUT2D eigenvalue weighted by atomic mass is 16.6. The third kappa shape index (κ3) is 4.85. The number of allylic oxidation sites excluding steroid dienone is 2. The molecule has 42 heavy (non-hydrogen) atoms. The van der Waals surface area contributed by atoms with E-state index >= 15 is 0 Å². The lowest BCUT2D eigenvalue weighted by Gasteiger charge is -2.59. The molecule has 1 aromatic carbocycles. The highest BCUT2D eigenvalue weighted by Gasteiger charge is 2.62. The Kier molecular flexibility index (Phi) is 7.49.